The number of aliphatic hydroxyl groups is 3. The van der Waals surface area contributed by atoms with Crippen molar-refractivity contribution in [3.8, 4) is 11.1 Å². The van der Waals surface area contributed by atoms with Gasteiger partial charge >= 0.3 is 0 Å². The molecule has 0 amide bonds. The van der Waals surface area contributed by atoms with Crippen LogP contribution in [0.25, 0.3) is 11.1 Å². The number of ketones is 3. The van der Waals surface area contributed by atoms with Crippen LogP contribution in [0.15, 0.2) is 91.0 Å². The Morgan fingerprint density at radius 2 is 1.00 bits per heavy atom. The van der Waals surface area contributed by atoms with E-state index in [1.165, 1.54) is 0 Å². The van der Waals surface area contributed by atoms with E-state index < -0.39 is 16.6 Å². The lowest BCUT2D eigenvalue weighted by Gasteiger charge is -2.34. The molecule has 288 valence electrons. The topological polar surface area (TPSA) is 112 Å². The van der Waals surface area contributed by atoms with Gasteiger partial charge in [0.05, 0.1) is 0 Å². The number of fused-ring (bicyclic) bond motifs is 3. The first kappa shape index (κ1) is 39.0. The highest BCUT2D eigenvalue weighted by molar-refractivity contribution is 6.04. The lowest BCUT2D eigenvalue weighted by molar-refractivity contribution is 0.0116. The Labute approximate surface area is 326 Å². The molecule has 3 N–H and O–H groups in total. The SMILES string of the molecule is O=C(CCCCCCCO)c1ccc(CC2(Cc3ccc(C(=O)C4(O)CCCCC4)cc3)c3ccccc3-c3ccc(C(=O)C4(O)CCCCC4)cc32)cc1. The molecule has 3 aliphatic rings. The molecule has 0 heterocycles. The number of unbranched alkanes of at least 4 members (excludes halogenated alkanes) is 4. The van der Waals surface area contributed by atoms with Crippen LogP contribution in [0.5, 0.6) is 0 Å². The van der Waals surface area contributed by atoms with Crippen LogP contribution in [0.2, 0.25) is 0 Å². The third kappa shape index (κ3) is 8.19. The molecule has 1 atom stereocenters. The number of Topliss-reactive ketones (excluding diaryl/α,β-unsaturated/α-hetero) is 3. The molecule has 3 aliphatic carbocycles. The van der Waals surface area contributed by atoms with Gasteiger partial charge in [-0.1, -0.05) is 143 Å². The first-order valence-corrected chi connectivity index (χ1v) is 20.8. The Bertz CT molecular complexity index is 1980. The molecule has 7 rings (SSSR count). The minimum Gasteiger partial charge on any atom is -0.396 e. The fraction of sp³-hybridized carbons (Fsp3) is 0.449. The van der Waals surface area contributed by atoms with Gasteiger partial charge in [-0.05, 0) is 90.8 Å². The molecule has 2 fully saturated rings. The molecule has 0 bridgehead atoms. The zero-order valence-electron chi connectivity index (χ0n) is 32.2. The first-order chi connectivity index (χ1) is 26.7. The minimum atomic E-state index is -1.35. The highest BCUT2D eigenvalue weighted by atomic mass is 16.3. The number of carbonyl (C=O) groups excluding carboxylic acids is 3. The summed E-state index contributed by atoms with van der Waals surface area (Å²) in [6.07, 6.45) is 13.7. The molecule has 55 heavy (non-hydrogen) atoms. The molecule has 0 spiro atoms. The van der Waals surface area contributed by atoms with E-state index in [4.69, 9.17) is 5.11 Å². The Morgan fingerprint density at radius 3 is 1.60 bits per heavy atom. The molecule has 0 aliphatic heterocycles. The van der Waals surface area contributed by atoms with E-state index >= 15 is 0 Å². The molecule has 2 saturated carbocycles. The highest BCUT2D eigenvalue weighted by Gasteiger charge is 2.45. The second-order valence-corrected chi connectivity index (χ2v) is 16.6. The summed E-state index contributed by atoms with van der Waals surface area (Å²) in [7, 11) is 0. The molecule has 0 saturated heterocycles. The number of aliphatic hydroxyl groups excluding tert-OH is 1. The molecule has 0 aromatic heterocycles. The molecular formula is C49H56O6. The smallest absolute Gasteiger partial charge is 0.194 e. The maximum atomic E-state index is 14.1. The van der Waals surface area contributed by atoms with Crippen molar-refractivity contribution in [2.75, 3.05) is 6.61 Å². The van der Waals surface area contributed by atoms with Crippen LogP contribution >= 0.6 is 0 Å². The van der Waals surface area contributed by atoms with Crippen molar-refractivity contribution >= 4 is 17.3 Å². The standard InChI is InChI=1S/C49H56O6/c50-31-13-3-1-2-6-16-44(51)37-21-17-35(18-22-37)33-47(34-36-19-23-38(24-20-36)45(52)48(54)27-9-4-10-28-48)42-15-8-7-14-40(42)41-26-25-39(32-43(41)47)46(53)49(55)29-11-5-12-30-49/h7-8,14-15,17-26,32,50,54-55H,1-6,9-13,16,27-31,33-34H2. The van der Waals surface area contributed by atoms with Crippen LogP contribution in [0.3, 0.4) is 0 Å². The van der Waals surface area contributed by atoms with Gasteiger partial charge in [0.1, 0.15) is 11.2 Å². The summed E-state index contributed by atoms with van der Waals surface area (Å²) < 4.78 is 0. The Morgan fingerprint density at radius 1 is 0.509 bits per heavy atom. The average Bonchev–Trinajstić information content (AvgIpc) is 3.47. The largest absolute Gasteiger partial charge is 0.396 e. The number of hydrogen-bond donors (Lipinski definition) is 3. The van der Waals surface area contributed by atoms with Gasteiger partial charge in [-0.15, -0.1) is 0 Å². The van der Waals surface area contributed by atoms with Crippen LogP contribution in [0, 0.1) is 0 Å². The maximum Gasteiger partial charge on any atom is 0.194 e. The van der Waals surface area contributed by atoms with Crippen LogP contribution in [-0.4, -0.2) is 50.5 Å². The normalized spacial score (nSPS) is 19.7. The maximum absolute atomic E-state index is 14.1. The van der Waals surface area contributed by atoms with E-state index in [1.807, 2.05) is 60.7 Å². The number of rotatable bonds is 16. The van der Waals surface area contributed by atoms with E-state index in [0.29, 0.717) is 61.6 Å². The van der Waals surface area contributed by atoms with Crippen molar-refractivity contribution < 1.29 is 29.7 Å². The highest BCUT2D eigenvalue weighted by Crippen LogP contribution is 2.53. The minimum absolute atomic E-state index is 0.135. The van der Waals surface area contributed by atoms with Crippen molar-refractivity contribution in [2.24, 2.45) is 0 Å². The van der Waals surface area contributed by atoms with Gasteiger partial charge in [0.25, 0.3) is 0 Å². The van der Waals surface area contributed by atoms with E-state index in [9.17, 15) is 24.6 Å². The quantitative estimate of drug-likeness (QED) is 0.0779. The summed E-state index contributed by atoms with van der Waals surface area (Å²) in [5, 5.41) is 31.8. The molecule has 4 aromatic rings. The fourth-order valence-electron chi connectivity index (χ4n) is 9.66. The zero-order valence-corrected chi connectivity index (χ0v) is 32.2. The summed E-state index contributed by atoms with van der Waals surface area (Å²) >= 11 is 0. The van der Waals surface area contributed by atoms with Crippen LogP contribution in [0.1, 0.15) is 156 Å². The predicted molar refractivity (Wildman–Crippen MR) is 217 cm³/mol. The number of hydrogen-bond acceptors (Lipinski definition) is 6. The summed E-state index contributed by atoms with van der Waals surface area (Å²) in [6.45, 7) is 0.213. The average molecular weight is 741 g/mol. The summed E-state index contributed by atoms with van der Waals surface area (Å²) in [4.78, 5) is 40.7. The monoisotopic (exact) mass is 740 g/mol. The summed E-state index contributed by atoms with van der Waals surface area (Å²) in [5.41, 5.74) is 4.98. The van der Waals surface area contributed by atoms with Crippen molar-refractivity contribution in [1.82, 2.24) is 0 Å². The van der Waals surface area contributed by atoms with Crippen molar-refractivity contribution in [3.05, 3.63) is 130 Å². The van der Waals surface area contributed by atoms with E-state index in [-0.39, 0.29) is 24.0 Å². The Hall–Kier alpha value is -4.23. The third-order valence-electron chi connectivity index (χ3n) is 12.8. The number of benzene rings is 4. The van der Waals surface area contributed by atoms with Gasteiger partial charge in [-0.25, -0.2) is 0 Å². The first-order valence-electron chi connectivity index (χ1n) is 20.8. The lowest BCUT2D eigenvalue weighted by atomic mass is 9.69. The van der Waals surface area contributed by atoms with E-state index in [0.717, 1.165) is 104 Å². The van der Waals surface area contributed by atoms with E-state index in [2.05, 4.69) is 30.3 Å². The summed E-state index contributed by atoms with van der Waals surface area (Å²) in [6, 6.07) is 30.1. The second-order valence-electron chi connectivity index (χ2n) is 16.6. The van der Waals surface area contributed by atoms with Gasteiger partial charge in [-0.2, -0.15) is 0 Å². The molecular weight excluding hydrogens is 685 g/mol. The fourth-order valence-corrected chi connectivity index (χ4v) is 9.66. The molecule has 0 radical (unpaired) electrons. The lowest BCUT2D eigenvalue weighted by Crippen LogP contribution is -2.40. The molecule has 1 unspecified atom stereocenters. The Balaban J connectivity index is 1.23. The van der Waals surface area contributed by atoms with Gasteiger partial charge < -0.3 is 15.3 Å². The van der Waals surface area contributed by atoms with Crippen LogP contribution < -0.4 is 0 Å². The zero-order chi connectivity index (χ0) is 38.5. The Kier molecular flexibility index (Phi) is 12.0. The van der Waals surface area contributed by atoms with E-state index in [1.54, 1.807) is 0 Å². The molecule has 6 nitrogen and oxygen atoms in total. The second kappa shape index (κ2) is 16.9. The van der Waals surface area contributed by atoms with Gasteiger partial charge in [0, 0.05) is 35.1 Å². The molecule has 4 aromatic carbocycles. The van der Waals surface area contributed by atoms with Crippen molar-refractivity contribution in [2.45, 2.75) is 132 Å². The third-order valence-corrected chi connectivity index (χ3v) is 12.8. The predicted octanol–water partition coefficient (Wildman–Crippen LogP) is 9.71. The number of carbonyl (C=O) groups is 3. The van der Waals surface area contributed by atoms with Crippen molar-refractivity contribution in [3.63, 3.8) is 0 Å². The van der Waals surface area contributed by atoms with Gasteiger partial charge in [0.15, 0.2) is 17.3 Å². The van der Waals surface area contributed by atoms with Gasteiger partial charge in [0.2, 0.25) is 0 Å². The van der Waals surface area contributed by atoms with Gasteiger partial charge in [-0.3, -0.25) is 14.4 Å². The molecule has 6 heteroatoms. The van der Waals surface area contributed by atoms with Crippen molar-refractivity contribution in [1.29, 1.82) is 0 Å². The van der Waals surface area contributed by atoms with Crippen LogP contribution in [-0.2, 0) is 18.3 Å². The summed E-state index contributed by atoms with van der Waals surface area (Å²) in [5.74, 6) is -0.277. The van der Waals surface area contributed by atoms with Crippen LogP contribution in [0.4, 0.5) is 0 Å².